The maximum Gasteiger partial charge on any atom is 0.371 e. The van der Waals surface area contributed by atoms with Crippen molar-refractivity contribution in [1.29, 1.82) is 0 Å². The largest absolute Gasteiger partial charge is 0.475 e. The molecule has 0 unspecified atom stereocenters. The summed E-state index contributed by atoms with van der Waals surface area (Å²) in [4.78, 5) is 23.0. The summed E-state index contributed by atoms with van der Waals surface area (Å²) in [7, 11) is -3.90. The van der Waals surface area contributed by atoms with Crippen molar-refractivity contribution in [2.24, 2.45) is 5.92 Å². The highest BCUT2D eigenvalue weighted by molar-refractivity contribution is 7.89. The van der Waals surface area contributed by atoms with E-state index in [1.807, 2.05) is 10.8 Å². The lowest BCUT2D eigenvalue weighted by molar-refractivity contribution is -0.120. The number of furan rings is 1. The Morgan fingerprint density at radius 1 is 1.24 bits per heavy atom. The SMILES string of the molecule is O=C(O)c1ccc(S(=O)(=O)N2CCC(C(=O)Nc3ccsc3)CC2)o1. The summed E-state index contributed by atoms with van der Waals surface area (Å²) in [5.74, 6) is -2.15. The smallest absolute Gasteiger partial charge is 0.371 e. The standard InChI is InChI=1S/C15H16N2O6S2/c18-14(16-11-5-8-24-9-11)10-3-6-17(7-4-10)25(21,22)13-2-1-12(23-13)15(19)20/h1-2,5,8-10H,3-4,6-7H2,(H,16,18)(H,19,20). The van der Waals surface area contributed by atoms with Gasteiger partial charge in [0.1, 0.15) is 0 Å². The first kappa shape index (κ1) is 17.6. The first-order valence-corrected chi connectivity index (χ1v) is 9.92. The second kappa shape index (κ2) is 6.98. The molecule has 0 radical (unpaired) electrons. The second-order valence-corrected chi connectivity index (χ2v) is 8.25. The quantitative estimate of drug-likeness (QED) is 0.815. The van der Waals surface area contributed by atoms with Gasteiger partial charge >= 0.3 is 5.97 Å². The van der Waals surface area contributed by atoms with Crippen LogP contribution in [0.1, 0.15) is 23.4 Å². The van der Waals surface area contributed by atoms with E-state index in [1.54, 1.807) is 6.07 Å². The van der Waals surface area contributed by atoms with Gasteiger partial charge in [-0.25, -0.2) is 13.2 Å². The summed E-state index contributed by atoms with van der Waals surface area (Å²) < 4.78 is 31.1. The number of carboxylic acid groups (broad SMARTS) is 1. The van der Waals surface area contributed by atoms with Gasteiger partial charge in [0, 0.05) is 24.4 Å². The number of sulfonamides is 1. The predicted octanol–water partition coefficient (Wildman–Crippen LogP) is 2.08. The lowest BCUT2D eigenvalue weighted by Gasteiger charge is -2.29. The number of carboxylic acids is 1. The molecule has 2 N–H and O–H groups in total. The molecule has 0 bridgehead atoms. The Kier molecular flexibility index (Phi) is 4.93. The molecular weight excluding hydrogens is 368 g/mol. The number of piperidine rings is 1. The first-order chi connectivity index (χ1) is 11.9. The fraction of sp³-hybridized carbons (Fsp3) is 0.333. The summed E-state index contributed by atoms with van der Waals surface area (Å²) in [6.07, 6.45) is 0.781. The van der Waals surface area contributed by atoms with Crippen LogP contribution in [0.2, 0.25) is 0 Å². The van der Waals surface area contributed by atoms with Crippen LogP contribution >= 0.6 is 11.3 Å². The van der Waals surface area contributed by atoms with Crippen LogP contribution in [0.3, 0.4) is 0 Å². The highest BCUT2D eigenvalue weighted by Crippen LogP contribution is 2.26. The molecule has 0 aromatic carbocycles. The Morgan fingerprint density at radius 3 is 2.52 bits per heavy atom. The van der Waals surface area contributed by atoms with Crippen molar-refractivity contribution in [3.63, 3.8) is 0 Å². The van der Waals surface area contributed by atoms with Crippen LogP contribution in [-0.4, -0.2) is 42.8 Å². The van der Waals surface area contributed by atoms with Crippen molar-refractivity contribution >= 4 is 38.9 Å². The molecule has 1 aliphatic heterocycles. The molecule has 0 aliphatic carbocycles. The Morgan fingerprint density at radius 2 is 1.96 bits per heavy atom. The summed E-state index contributed by atoms with van der Waals surface area (Å²) in [6.45, 7) is 0.348. The minimum absolute atomic E-state index is 0.124. The molecule has 1 amide bonds. The lowest BCUT2D eigenvalue weighted by Crippen LogP contribution is -2.41. The topological polar surface area (TPSA) is 117 Å². The summed E-state index contributed by atoms with van der Waals surface area (Å²) in [5, 5.41) is 14.9. The van der Waals surface area contributed by atoms with Crippen LogP contribution in [0.5, 0.6) is 0 Å². The van der Waals surface area contributed by atoms with Crippen molar-refractivity contribution in [2.75, 3.05) is 18.4 Å². The Balaban J connectivity index is 1.62. The summed E-state index contributed by atoms with van der Waals surface area (Å²) in [6, 6.07) is 4.05. The van der Waals surface area contributed by atoms with Gasteiger partial charge in [-0.15, -0.1) is 0 Å². The lowest BCUT2D eigenvalue weighted by atomic mass is 9.97. The number of rotatable bonds is 5. The number of nitrogens with one attached hydrogen (secondary N) is 1. The normalized spacial score (nSPS) is 16.6. The molecule has 2 aromatic heterocycles. The van der Waals surface area contributed by atoms with Crippen LogP contribution in [0, 0.1) is 5.92 Å². The van der Waals surface area contributed by atoms with E-state index in [4.69, 9.17) is 9.52 Å². The van der Waals surface area contributed by atoms with E-state index in [0.717, 1.165) is 17.8 Å². The summed E-state index contributed by atoms with van der Waals surface area (Å²) >= 11 is 1.48. The van der Waals surface area contributed by atoms with Gasteiger partial charge in [-0.1, -0.05) is 0 Å². The number of thiophene rings is 1. The number of carbonyl (C=O) groups excluding carboxylic acids is 1. The van der Waals surface area contributed by atoms with Gasteiger partial charge in [0.05, 0.1) is 5.69 Å². The molecule has 1 saturated heterocycles. The van der Waals surface area contributed by atoms with E-state index >= 15 is 0 Å². The first-order valence-electron chi connectivity index (χ1n) is 7.54. The third-order valence-electron chi connectivity index (χ3n) is 4.00. The molecule has 3 rings (SSSR count). The molecule has 0 atom stereocenters. The zero-order valence-electron chi connectivity index (χ0n) is 13.0. The molecule has 134 valence electrons. The molecular formula is C15H16N2O6S2. The van der Waals surface area contributed by atoms with Crippen molar-refractivity contribution in [3.8, 4) is 0 Å². The number of anilines is 1. The van der Waals surface area contributed by atoms with E-state index < -0.39 is 26.8 Å². The van der Waals surface area contributed by atoms with E-state index in [-0.39, 0.29) is 24.9 Å². The molecule has 8 nitrogen and oxygen atoms in total. The Hall–Kier alpha value is -2.17. The monoisotopic (exact) mass is 384 g/mol. The number of carbonyl (C=O) groups is 2. The maximum absolute atomic E-state index is 12.5. The number of aromatic carboxylic acids is 1. The zero-order valence-corrected chi connectivity index (χ0v) is 14.7. The van der Waals surface area contributed by atoms with E-state index in [0.29, 0.717) is 12.8 Å². The molecule has 10 heteroatoms. The number of nitrogens with zero attached hydrogens (tertiary/aromatic N) is 1. The highest BCUT2D eigenvalue weighted by Gasteiger charge is 2.34. The molecule has 3 heterocycles. The molecule has 0 spiro atoms. The van der Waals surface area contributed by atoms with Gasteiger partial charge < -0.3 is 14.8 Å². The molecule has 25 heavy (non-hydrogen) atoms. The zero-order chi connectivity index (χ0) is 18.0. The van der Waals surface area contributed by atoms with Gasteiger partial charge in [0.25, 0.3) is 10.0 Å². The third-order valence-corrected chi connectivity index (χ3v) is 6.46. The van der Waals surface area contributed by atoms with Crippen molar-refractivity contribution < 1.29 is 27.5 Å². The minimum Gasteiger partial charge on any atom is -0.475 e. The van der Waals surface area contributed by atoms with Crippen molar-refractivity contribution in [2.45, 2.75) is 17.9 Å². The predicted molar refractivity (Wildman–Crippen MR) is 90.1 cm³/mol. The van der Waals surface area contributed by atoms with Gasteiger partial charge in [-0.2, -0.15) is 15.6 Å². The van der Waals surface area contributed by atoms with Crippen molar-refractivity contribution in [1.82, 2.24) is 4.31 Å². The van der Waals surface area contributed by atoms with Crippen LogP contribution in [0.15, 0.2) is 38.5 Å². The molecule has 0 saturated carbocycles. The third kappa shape index (κ3) is 3.75. The molecule has 1 aliphatic rings. The van der Waals surface area contributed by atoms with Crippen molar-refractivity contribution in [3.05, 3.63) is 34.7 Å². The summed E-state index contributed by atoms with van der Waals surface area (Å²) in [5.41, 5.74) is 0.738. The number of hydrogen-bond donors (Lipinski definition) is 2. The van der Waals surface area contributed by atoms with Crippen LogP contribution in [0.4, 0.5) is 5.69 Å². The Bertz CT molecular complexity index is 864. The second-order valence-electron chi connectivity index (χ2n) is 5.60. The number of hydrogen-bond acceptors (Lipinski definition) is 6. The van der Waals surface area contributed by atoms with Gasteiger partial charge in [0.2, 0.25) is 16.8 Å². The molecule has 2 aromatic rings. The number of amides is 1. The average Bonchev–Trinajstić information content (AvgIpc) is 3.26. The molecule has 1 fully saturated rings. The maximum atomic E-state index is 12.5. The fourth-order valence-electron chi connectivity index (χ4n) is 2.64. The van der Waals surface area contributed by atoms with Crippen LogP contribution in [0.25, 0.3) is 0 Å². The Labute approximate surface area is 148 Å². The van der Waals surface area contributed by atoms with Crippen LogP contribution < -0.4 is 5.32 Å². The van der Waals surface area contributed by atoms with Gasteiger partial charge in [0.15, 0.2) is 0 Å². The van der Waals surface area contributed by atoms with Crippen LogP contribution in [-0.2, 0) is 14.8 Å². The highest BCUT2D eigenvalue weighted by atomic mass is 32.2. The van der Waals surface area contributed by atoms with E-state index in [1.165, 1.54) is 15.6 Å². The van der Waals surface area contributed by atoms with Gasteiger partial charge in [-0.3, -0.25) is 4.79 Å². The fourth-order valence-corrected chi connectivity index (χ4v) is 4.61. The van der Waals surface area contributed by atoms with E-state index in [2.05, 4.69) is 5.32 Å². The van der Waals surface area contributed by atoms with E-state index in [9.17, 15) is 18.0 Å². The minimum atomic E-state index is -3.90. The average molecular weight is 384 g/mol. The van der Waals surface area contributed by atoms with Gasteiger partial charge in [-0.05, 0) is 36.4 Å².